The average Bonchev–Trinajstić information content (AvgIpc) is 3.22. The van der Waals surface area contributed by atoms with E-state index in [1.165, 1.54) is 23.1 Å². The van der Waals surface area contributed by atoms with Crippen molar-refractivity contribution in [3.63, 3.8) is 0 Å². The van der Waals surface area contributed by atoms with Crippen molar-refractivity contribution in [3.05, 3.63) is 24.3 Å². The smallest absolute Gasteiger partial charge is 0.322 e. The maximum atomic E-state index is 11.9. The van der Waals surface area contributed by atoms with E-state index in [0.717, 1.165) is 11.3 Å². The van der Waals surface area contributed by atoms with Gasteiger partial charge in [0.15, 0.2) is 4.34 Å². The normalized spacial score (nSPS) is 10.5. The number of carbonyl (C=O) groups is 1. The third-order valence-corrected chi connectivity index (χ3v) is 4.64. The van der Waals surface area contributed by atoms with E-state index in [0.29, 0.717) is 15.4 Å². The molecule has 0 aliphatic carbocycles. The number of aromatic nitrogens is 4. The van der Waals surface area contributed by atoms with Gasteiger partial charge in [0.1, 0.15) is 5.75 Å². The van der Waals surface area contributed by atoms with Gasteiger partial charge in [-0.2, -0.15) is 0 Å². The van der Waals surface area contributed by atoms with Crippen molar-refractivity contribution in [2.45, 2.75) is 4.34 Å². The first kappa shape index (κ1) is 16.2. The number of thioether (sulfide) groups is 1. The van der Waals surface area contributed by atoms with Crippen LogP contribution in [0.25, 0.3) is 11.5 Å². The fourth-order valence-corrected chi connectivity index (χ4v) is 3.12. The molecule has 0 saturated carbocycles. The van der Waals surface area contributed by atoms with Gasteiger partial charge in [-0.05, 0) is 24.3 Å². The molecule has 11 heteroatoms. The third kappa shape index (κ3) is 4.00. The minimum Gasteiger partial charge on any atom is -0.497 e. The number of ether oxygens (including phenoxy) is 1. The molecular formula is C13H12N6O3S2. The SMILES string of the molecule is COc1ccc(-c2nnc(NC(=O)CSc3nnc(N)s3)o2)cc1. The van der Waals surface area contributed by atoms with E-state index in [-0.39, 0.29) is 17.7 Å². The van der Waals surface area contributed by atoms with Crippen molar-refractivity contribution in [2.24, 2.45) is 0 Å². The monoisotopic (exact) mass is 364 g/mol. The van der Waals surface area contributed by atoms with Gasteiger partial charge in [0.2, 0.25) is 16.9 Å². The first-order chi connectivity index (χ1) is 11.6. The number of amides is 1. The van der Waals surface area contributed by atoms with E-state index in [4.69, 9.17) is 14.9 Å². The van der Waals surface area contributed by atoms with Crippen LogP contribution < -0.4 is 15.8 Å². The van der Waals surface area contributed by atoms with Crippen LogP contribution in [0.3, 0.4) is 0 Å². The van der Waals surface area contributed by atoms with Gasteiger partial charge in [-0.25, -0.2) is 0 Å². The predicted octanol–water partition coefficient (Wildman–Crippen LogP) is 1.91. The topological polar surface area (TPSA) is 129 Å². The Morgan fingerprint density at radius 3 is 2.75 bits per heavy atom. The van der Waals surface area contributed by atoms with E-state index >= 15 is 0 Å². The van der Waals surface area contributed by atoms with E-state index in [1.807, 2.05) is 0 Å². The quantitative estimate of drug-likeness (QED) is 0.630. The Balaban J connectivity index is 1.57. The maximum Gasteiger partial charge on any atom is 0.322 e. The predicted molar refractivity (Wildman–Crippen MR) is 90.0 cm³/mol. The van der Waals surface area contributed by atoms with E-state index < -0.39 is 0 Å². The van der Waals surface area contributed by atoms with Gasteiger partial charge in [0.25, 0.3) is 0 Å². The molecule has 0 aliphatic heterocycles. The molecule has 9 nitrogen and oxygen atoms in total. The molecule has 1 aromatic carbocycles. The molecule has 0 unspecified atom stereocenters. The largest absolute Gasteiger partial charge is 0.497 e. The number of benzene rings is 1. The number of carbonyl (C=O) groups excluding carboxylic acids is 1. The van der Waals surface area contributed by atoms with Crippen molar-refractivity contribution >= 4 is 40.2 Å². The number of nitrogens with zero attached hydrogens (tertiary/aromatic N) is 4. The zero-order chi connectivity index (χ0) is 16.9. The number of hydrogen-bond acceptors (Lipinski definition) is 10. The Bertz CT molecular complexity index is 832. The fourth-order valence-electron chi connectivity index (χ4n) is 1.69. The molecule has 0 spiro atoms. The summed E-state index contributed by atoms with van der Waals surface area (Å²) in [5.74, 6) is 0.867. The first-order valence-corrected chi connectivity index (χ1v) is 8.44. The summed E-state index contributed by atoms with van der Waals surface area (Å²) in [7, 11) is 1.59. The maximum absolute atomic E-state index is 11.9. The van der Waals surface area contributed by atoms with Gasteiger partial charge in [0, 0.05) is 5.56 Å². The Morgan fingerprint density at radius 1 is 1.29 bits per heavy atom. The lowest BCUT2D eigenvalue weighted by Gasteiger charge is -1.99. The second-order valence-electron chi connectivity index (χ2n) is 4.38. The lowest BCUT2D eigenvalue weighted by atomic mass is 10.2. The van der Waals surface area contributed by atoms with Crippen molar-refractivity contribution < 1.29 is 13.9 Å². The molecular weight excluding hydrogens is 352 g/mol. The van der Waals surface area contributed by atoms with Gasteiger partial charge >= 0.3 is 6.01 Å². The first-order valence-electron chi connectivity index (χ1n) is 6.63. The van der Waals surface area contributed by atoms with Crippen LogP contribution in [-0.2, 0) is 4.79 Å². The highest BCUT2D eigenvalue weighted by Crippen LogP contribution is 2.24. The lowest BCUT2D eigenvalue weighted by molar-refractivity contribution is -0.113. The van der Waals surface area contributed by atoms with Crippen molar-refractivity contribution in [1.82, 2.24) is 20.4 Å². The molecule has 2 heterocycles. The second kappa shape index (κ2) is 7.27. The van der Waals surface area contributed by atoms with Crippen molar-refractivity contribution in [2.75, 3.05) is 23.9 Å². The van der Waals surface area contributed by atoms with Crippen LogP contribution in [0.1, 0.15) is 0 Å². The molecule has 1 amide bonds. The Labute approximate surface area is 144 Å². The zero-order valence-electron chi connectivity index (χ0n) is 12.4. The molecule has 0 radical (unpaired) electrons. The zero-order valence-corrected chi connectivity index (χ0v) is 14.1. The van der Waals surface area contributed by atoms with Gasteiger partial charge in [-0.15, -0.1) is 15.3 Å². The Kier molecular flexibility index (Phi) is 4.91. The number of nitrogens with two attached hydrogens (primary N) is 1. The molecule has 0 fully saturated rings. The number of nitrogen functional groups attached to an aromatic ring is 1. The van der Waals surface area contributed by atoms with Crippen LogP contribution in [0.4, 0.5) is 11.1 Å². The van der Waals surface area contributed by atoms with Crippen LogP contribution in [0, 0.1) is 0 Å². The van der Waals surface area contributed by atoms with Gasteiger partial charge in [-0.1, -0.05) is 28.2 Å². The molecule has 24 heavy (non-hydrogen) atoms. The summed E-state index contributed by atoms with van der Waals surface area (Å²) in [6.07, 6.45) is 0. The summed E-state index contributed by atoms with van der Waals surface area (Å²) in [5, 5.41) is 18.1. The van der Waals surface area contributed by atoms with Crippen LogP contribution >= 0.6 is 23.1 Å². The highest BCUT2D eigenvalue weighted by molar-refractivity contribution is 8.01. The highest BCUT2D eigenvalue weighted by Gasteiger charge is 2.12. The Morgan fingerprint density at radius 2 is 2.08 bits per heavy atom. The minimum absolute atomic E-state index is 0.0307. The molecule has 0 aliphatic rings. The van der Waals surface area contributed by atoms with Gasteiger partial charge in [0.05, 0.1) is 12.9 Å². The summed E-state index contributed by atoms with van der Waals surface area (Å²) >= 11 is 2.44. The summed E-state index contributed by atoms with van der Waals surface area (Å²) in [4.78, 5) is 11.9. The van der Waals surface area contributed by atoms with Crippen LogP contribution in [0.5, 0.6) is 5.75 Å². The molecule has 3 N–H and O–H groups in total. The third-order valence-electron chi connectivity index (χ3n) is 2.76. The minimum atomic E-state index is -0.293. The summed E-state index contributed by atoms with van der Waals surface area (Å²) in [6, 6.07) is 7.16. The lowest BCUT2D eigenvalue weighted by Crippen LogP contribution is -2.14. The van der Waals surface area contributed by atoms with Crippen LogP contribution in [0.2, 0.25) is 0 Å². The molecule has 0 bridgehead atoms. The molecule has 3 rings (SSSR count). The van der Waals surface area contributed by atoms with E-state index in [2.05, 4.69) is 25.7 Å². The molecule has 3 aromatic rings. The molecule has 124 valence electrons. The second-order valence-corrected chi connectivity index (χ2v) is 6.62. The number of nitrogens with one attached hydrogen (secondary N) is 1. The van der Waals surface area contributed by atoms with Crippen LogP contribution in [0.15, 0.2) is 33.0 Å². The highest BCUT2D eigenvalue weighted by atomic mass is 32.2. The Hall–Kier alpha value is -2.66. The number of methoxy groups -OCH3 is 1. The van der Waals surface area contributed by atoms with Gasteiger partial charge in [-0.3, -0.25) is 10.1 Å². The summed E-state index contributed by atoms with van der Waals surface area (Å²) < 4.78 is 11.1. The molecule has 0 saturated heterocycles. The molecule has 2 aromatic heterocycles. The number of rotatable bonds is 6. The van der Waals surface area contributed by atoms with E-state index in [9.17, 15) is 4.79 Å². The standard InChI is InChI=1S/C13H12N6O3S2/c1-21-8-4-2-7(3-5-8)10-16-18-12(22-10)15-9(20)6-23-13-19-17-11(14)24-13/h2-5H,6H2,1H3,(H2,14,17)(H,15,18,20). The average molecular weight is 364 g/mol. The summed E-state index contributed by atoms with van der Waals surface area (Å²) in [6.45, 7) is 0. The molecule has 0 atom stereocenters. The van der Waals surface area contributed by atoms with Gasteiger partial charge < -0.3 is 14.9 Å². The van der Waals surface area contributed by atoms with Crippen molar-refractivity contribution in [1.29, 1.82) is 0 Å². The fraction of sp³-hybridized carbons (Fsp3) is 0.154. The summed E-state index contributed by atoms with van der Waals surface area (Å²) in [5.41, 5.74) is 6.20. The number of anilines is 2. The van der Waals surface area contributed by atoms with Crippen molar-refractivity contribution in [3.8, 4) is 17.2 Å². The van der Waals surface area contributed by atoms with E-state index in [1.54, 1.807) is 31.4 Å². The number of hydrogen-bond donors (Lipinski definition) is 2. The van der Waals surface area contributed by atoms with Crippen LogP contribution in [-0.4, -0.2) is 39.2 Å².